The number of hydrogen-bond acceptors (Lipinski definition) is 6. The number of methoxy groups -OCH3 is 1. The third-order valence-corrected chi connectivity index (χ3v) is 5.53. The van der Waals surface area contributed by atoms with Gasteiger partial charge in [0.25, 0.3) is 0 Å². The van der Waals surface area contributed by atoms with Crippen LogP contribution in [0.25, 0.3) is 27.9 Å². The Morgan fingerprint density at radius 2 is 2.00 bits per heavy atom. The van der Waals surface area contributed by atoms with Crippen LogP contribution in [0.3, 0.4) is 0 Å². The van der Waals surface area contributed by atoms with E-state index in [1.165, 1.54) is 11.9 Å². The number of anilines is 1. The van der Waals surface area contributed by atoms with Crippen LogP contribution in [-0.4, -0.2) is 57.9 Å². The Morgan fingerprint density at radius 1 is 1.17 bits per heavy atom. The predicted octanol–water partition coefficient (Wildman–Crippen LogP) is 2.81. The summed E-state index contributed by atoms with van der Waals surface area (Å²) in [5.41, 5.74) is 6.04. The highest BCUT2D eigenvalue weighted by Gasteiger charge is 2.21. The molecule has 0 atom stereocenters. The number of piperazine rings is 1. The van der Waals surface area contributed by atoms with Crippen molar-refractivity contribution in [1.82, 2.24) is 29.9 Å². The van der Waals surface area contributed by atoms with Crippen LogP contribution in [0.1, 0.15) is 25.3 Å². The topological polar surface area (TPSA) is 83.4 Å². The fraction of sp³-hybridized carbons (Fsp3) is 0.381. The Morgan fingerprint density at radius 3 is 2.76 bits per heavy atom. The molecule has 0 amide bonds. The monoisotopic (exact) mass is 391 g/mol. The molecule has 5 heterocycles. The van der Waals surface area contributed by atoms with E-state index in [2.05, 4.69) is 51.3 Å². The summed E-state index contributed by atoms with van der Waals surface area (Å²) in [4.78, 5) is 15.3. The van der Waals surface area contributed by atoms with Crippen LogP contribution >= 0.6 is 0 Å². The molecule has 0 aromatic carbocycles. The predicted molar refractivity (Wildman–Crippen MR) is 114 cm³/mol. The highest BCUT2D eigenvalue weighted by atomic mass is 16.5. The number of rotatable bonds is 4. The molecule has 0 unspecified atom stereocenters. The lowest BCUT2D eigenvalue weighted by atomic mass is 9.99. The molecule has 0 aliphatic carbocycles. The molecule has 0 saturated carbocycles. The van der Waals surface area contributed by atoms with Gasteiger partial charge < -0.3 is 19.9 Å². The Bertz CT molecular complexity index is 1170. The van der Waals surface area contributed by atoms with Gasteiger partial charge in [0.2, 0.25) is 0 Å². The zero-order valence-electron chi connectivity index (χ0n) is 16.9. The number of pyridine rings is 2. The van der Waals surface area contributed by atoms with Crippen LogP contribution in [0.15, 0.2) is 30.7 Å². The lowest BCUT2D eigenvalue weighted by Gasteiger charge is -2.28. The summed E-state index contributed by atoms with van der Waals surface area (Å²) < 4.78 is 7.31. The maximum atomic E-state index is 5.56. The second kappa shape index (κ2) is 7.04. The van der Waals surface area contributed by atoms with E-state index in [1.54, 1.807) is 11.6 Å². The van der Waals surface area contributed by atoms with Crippen molar-refractivity contribution in [3.63, 3.8) is 0 Å². The number of ether oxygens (including phenoxy) is 1. The Hall–Kier alpha value is -3.13. The molecule has 8 nitrogen and oxygen atoms in total. The van der Waals surface area contributed by atoms with Crippen molar-refractivity contribution in [3.8, 4) is 17.0 Å². The Balaban J connectivity index is 1.68. The van der Waals surface area contributed by atoms with Crippen molar-refractivity contribution >= 4 is 22.5 Å². The minimum atomic E-state index is 0.307. The fourth-order valence-corrected chi connectivity index (χ4v) is 4.12. The van der Waals surface area contributed by atoms with Gasteiger partial charge in [-0.3, -0.25) is 0 Å². The van der Waals surface area contributed by atoms with Crippen LogP contribution in [0.2, 0.25) is 0 Å². The molecule has 1 fully saturated rings. The normalized spacial score (nSPS) is 15.0. The molecule has 150 valence electrons. The van der Waals surface area contributed by atoms with Crippen LogP contribution in [0, 0.1) is 0 Å². The van der Waals surface area contributed by atoms with Gasteiger partial charge in [-0.15, -0.1) is 0 Å². The third-order valence-electron chi connectivity index (χ3n) is 5.53. The van der Waals surface area contributed by atoms with Crippen molar-refractivity contribution < 1.29 is 4.74 Å². The van der Waals surface area contributed by atoms with E-state index in [0.717, 1.165) is 54.3 Å². The summed E-state index contributed by atoms with van der Waals surface area (Å²) in [7, 11) is 1.66. The number of aromatic nitrogens is 5. The first-order chi connectivity index (χ1) is 14.2. The molecule has 1 saturated heterocycles. The van der Waals surface area contributed by atoms with Gasteiger partial charge >= 0.3 is 0 Å². The summed E-state index contributed by atoms with van der Waals surface area (Å²) in [6.45, 7) is 8.35. The summed E-state index contributed by atoms with van der Waals surface area (Å²) in [6.07, 6.45) is 3.52. The lowest BCUT2D eigenvalue weighted by Crippen LogP contribution is -2.43. The highest BCUT2D eigenvalue weighted by molar-refractivity contribution is 5.90. The summed E-state index contributed by atoms with van der Waals surface area (Å²) >= 11 is 0. The summed E-state index contributed by atoms with van der Waals surface area (Å²) in [5.74, 6) is 2.04. The largest absolute Gasteiger partial charge is 0.493 e. The van der Waals surface area contributed by atoms with Crippen LogP contribution in [0.4, 0.5) is 5.82 Å². The van der Waals surface area contributed by atoms with Gasteiger partial charge in [-0.25, -0.2) is 14.5 Å². The third kappa shape index (κ3) is 3.00. The van der Waals surface area contributed by atoms with Gasteiger partial charge in [-0.1, -0.05) is 13.8 Å². The average Bonchev–Trinajstić information content (AvgIpc) is 3.37. The molecular weight excluding hydrogens is 366 g/mol. The van der Waals surface area contributed by atoms with Crippen LogP contribution < -0.4 is 15.0 Å². The van der Waals surface area contributed by atoms with Crippen molar-refractivity contribution in [3.05, 3.63) is 36.3 Å². The molecule has 2 N–H and O–H groups in total. The van der Waals surface area contributed by atoms with Gasteiger partial charge in [-0.05, 0) is 24.1 Å². The number of H-pyrrole nitrogens is 1. The molecule has 4 aromatic rings. The molecular formula is C21H25N7O. The van der Waals surface area contributed by atoms with E-state index < -0.39 is 0 Å². The first kappa shape index (κ1) is 17.9. The van der Waals surface area contributed by atoms with Gasteiger partial charge in [0.15, 0.2) is 11.4 Å². The lowest BCUT2D eigenvalue weighted by molar-refractivity contribution is 0.416. The highest BCUT2D eigenvalue weighted by Crippen LogP contribution is 2.37. The molecule has 29 heavy (non-hydrogen) atoms. The zero-order chi connectivity index (χ0) is 20.0. The van der Waals surface area contributed by atoms with E-state index in [-0.39, 0.29) is 0 Å². The van der Waals surface area contributed by atoms with Crippen LogP contribution in [0.5, 0.6) is 5.75 Å². The Labute approximate surface area is 168 Å². The molecule has 4 aromatic heterocycles. The van der Waals surface area contributed by atoms with Crippen LogP contribution in [-0.2, 0) is 0 Å². The quantitative estimate of drug-likeness (QED) is 0.557. The molecule has 0 bridgehead atoms. The van der Waals surface area contributed by atoms with Crippen molar-refractivity contribution in [2.75, 3.05) is 38.2 Å². The number of nitrogens with one attached hydrogen (secondary N) is 2. The number of hydrogen-bond donors (Lipinski definition) is 2. The standard InChI is InChI=1S/C21H25N7O/c1-13(2)18-19(14-10-16(29-3)21-23-12-24-28(21)11-14)25-15-4-5-17(26-20(15)18)27-8-6-22-7-9-27/h4-5,10-13,22,25H,6-9H2,1-3H3. The SMILES string of the molecule is COc1cc(-c2[nH]c3ccc(N4CCNCC4)nc3c2C(C)C)cn2ncnc12. The minimum absolute atomic E-state index is 0.307. The zero-order valence-corrected chi connectivity index (χ0v) is 16.9. The maximum Gasteiger partial charge on any atom is 0.197 e. The molecule has 0 radical (unpaired) electrons. The number of aromatic amines is 1. The van der Waals surface area contributed by atoms with Crippen molar-refractivity contribution in [2.45, 2.75) is 19.8 Å². The number of nitrogens with zero attached hydrogens (tertiary/aromatic N) is 5. The maximum absolute atomic E-state index is 5.56. The second-order valence-electron chi connectivity index (χ2n) is 7.70. The Kier molecular flexibility index (Phi) is 4.35. The molecule has 8 heteroatoms. The van der Waals surface area contributed by atoms with E-state index in [9.17, 15) is 0 Å². The van der Waals surface area contributed by atoms with Gasteiger partial charge in [-0.2, -0.15) is 5.10 Å². The van der Waals surface area contributed by atoms with E-state index >= 15 is 0 Å². The van der Waals surface area contributed by atoms with Crippen molar-refractivity contribution in [1.29, 1.82) is 0 Å². The van der Waals surface area contributed by atoms with Gasteiger partial charge in [0.05, 0.1) is 23.8 Å². The molecule has 5 rings (SSSR count). The molecule has 1 aliphatic heterocycles. The summed E-state index contributed by atoms with van der Waals surface area (Å²) in [5, 5.41) is 7.70. The van der Waals surface area contributed by atoms with Crippen molar-refractivity contribution in [2.24, 2.45) is 0 Å². The first-order valence-electron chi connectivity index (χ1n) is 10.0. The summed E-state index contributed by atoms with van der Waals surface area (Å²) in [6, 6.07) is 6.26. The fourth-order valence-electron chi connectivity index (χ4n) is 4.12. The van der Waals surface area contributed by atoms with Gasteiger partial charge in [0.1, 0.15) is 12.1 Å². The van der Waals surface area contributed by atoms with E-state index in [0.29, 0.717) is 17.3 Å². The smallest absolute Gasteiger partial charge is 0.197 e. The average molecular weight is 391 g/mol. The molecule has 1 aliphatic rings. The van der Waals surface area contributed by atoms with E-state index in [4.69, 9.17) is 9.72 Å². The molecule has 0 spiro atoms. The number of fused-ring (bicyclic) bond motifs is 2. The second-order valence-corrected chi connectivity index (χ2v) is 7.70. The van der Waals surface area contributed by atoms with E-state index in [1.807, 2.05) is 12.3 Å². The minimum Gasteiger partial charge on any atom is -0.493 e. The first-order valence-corrected chi connectivity index (χ1v) is 10.0. The van der Waals surface area contributed by atoms with Gasteiger partial charge in [0, 0.05) is 43.5 Å².